The van der Waals surface area contributed by atoms with E-state index in [1.807, 2.05) is 0 Å². The molecule has 0 aromatic carbocycles. The fraction of sp³-hybridized carbons (Fsp3) is 0.700. The number of aliphatic hydroxyl groups is 1. The highest BCUT2D eigenvalue weighted by atomic mass is 16.3. The zero-order chi connectivity index (χ0) is 15.6. The van der Waals surface area contributed by atoms with Crippen molar-refractivity contribution in [2.45, 2.75) is 72.3 Å². The molecule has 0 saturated heterocycles. The van der Waals surface area contributed by atoms with Gasteiger partial charge in [-0.05, 0) is 68.3 Å². The summed E-state index contributed by atoms with van der Waals surface area (Å²) >= 11 is 0. The minimum atomic E-state index is -0.297. The van der Waals surface area contributed by atoms with E-state index in [4.69, 9.17) is 0 Å². The standard InChI is InChI=1S/C20H32O/c1-14(2)18-10-9-17-8-7-16(4)19(21)11-6-15(3)12-13-20(17,18)5/h7,9,14,18-19,21H,3,6,8,10-13H2,1-2,4-5H3/b16-7+/t18-,19-,20+/m0/s1. The van der Waals surface area contributed by atoms with Crippen molar-refractivity contribution in [3.63, 3.8) is 0 Å². The second-order valence-corrected chi connectivity index (χ2v) is 7.69. The second kappa shape index (κ2) is 6.52. The molecule has 2 aliphatic carbocycles. The van der Waals surface area contributed by atoms with Gasteiger partial charge in [-0.25, -0.2) is 0 Å². The Morgan fingerprint density at radius 3 is 2.67 bits per heavy atom. The van der Waals surface area contributed by atoms with E-state index in [-0.39, 0.29) is 6.10 Å². The highest BCUT2D eigenvalue weighted by Crippen LogP contribution is 2.52. The Morgan fingerprint density at radius 2 is 2.00 bits per heavy atom. The van der Waals surface area contributed by atoms with Gasteiger partial charge in [-0.3, -0.25) is 0 Å². The van der Waals surface area contributed by atoms with E-state index in [0.29, 0.717) is 5.41 Å². The predicted octanol–water partition coefficient (Wildman–Crippen LogP) is 5.42. The van der Waals surface area contributed by atoms with Crippen molar-refractivity contribution in [1.82, 2.24) is 0 Å². The highest BCUT2D eigenvalue weighted by Gasteiger charge is 2.41. The van der Waals surface area contributed by atoms with Crippen LogP contribution in [0.15, 0.2) is 35.5 Å². The van der Waals surface area contributed by atoms with Crippen molar-refractivity contribution in [2.24, 2.45) is 17.3 Å². The van der Waals surface area contributed by atoms with Gasteiger partial charge in [0.1, 0.15) is 0 Å². The Balaban J connectivity index is 2.29. The number of hydrogen-bond acceptors (Lipinski definition) is 1. The van der Waals surface area contributed by atoms with Gasteiger partial charge < -0.3 is 5.11 Å². The molecule has 0 heterocycles. The Kier molecular flexibility index (Phi) is 5.14. The molecule has 2 aliphatic rings. The van der Waals surface area contributed by atoms with Crippen LogP contribution in [0.5, 0.6) is 0 Å². The van der Waals surface area contributed by atoms with Gasteiger partial charge >= 0.3 is 0 Å². The van der Waals surface area contributed by atoms with Gasteiger partial charge in [-0.15, -0.1) is 0 Å². The molecular formula is C20H32O. The molecular weight excluding hydrogens is 256 g/mol. The molecule has 0 fully saturated rings. The summed E-state index contributed by atoms with van der Waals surface area (Å²) in [6, 6.07) is 0. The molecule has 1 N–H and O–H groups in total. The average molecular weight is 288 g/mol. The first kappa shape index (κ1) is 16.5. The predicted molar refractivity (Wildman–Crippen MR) is 91.1 cm³/mol. The maximum Gasteiger partial charge on any atom is 0.0750 e. The summed E-state index contributed by atoms with van der Waals surface area (Å²) in [5.74, 6) is 1.47. The fourth-order valence-electron chi connectivity index (χ4n) is 4.21. The molecule has 0 spiro atoms. The minimum absolute atomic E-state index is 0.297. The van der Waals surface area contributed by atoms with E-state index in [1.54, 1.807) is 5.57 Å². The average Bonchev–Trinajstić information content (AvgIpc) is 2.76. The van der Waals surface area contributed by atoms with Gasteiger partial charge in [-0.2, -0.15) is 0 Å². The van der Waals surface area contributed by atoms with E-state index in [2.05, 4.69) is 46.4 Å². The lowest BCUT2D eigenvalue weighted by molar-refractivity contribution is 0.182. The Hall–Kier alpha value is -0.820. The number of fused-ring (bicyclic) bond motifs is 1. The van der Waals surface area contributed by atoms with Crippen molar-refractivity contribution >= 4 is 0 Å². The summed E-state index contributed by atoms with van der Waals surface area (Å²) in [7, 11) is 0. The van der Waals surface area contributed by atoms with Crippen LogP contribution in [0, 0.1) is 17.3 Å². The molecule has 0 aliphatic heterocycles. The lowest BCUT2D eigenvalue weighted by Crippen LogP contribution is -2.29. The lowest BCUT2D eigenvalue weighted by atomic mass is 9.67. The molecule has 0 radical (unpaired) electrons. The quantitative estimate of drug-likeness (QED) is 0.638. The third-order valence-corrected chi connectivity index (χ3v) is 5.91. The Labute approximate surface area is 130 Å². The molecule has 0 aromatic heterocycles. The van der Waals surface area contributed by atoms with Crippen LogP contribution >= 0.6 is 0 Å². The van der Waals surface area contributed by atoms with Crippen molar-refractivity contribution < 1.29 is 5.11 Å². The van der Waals surface area contributed by atoms with Crippen LogP contribution in [0.2, 0.25) is 0 Å². The molecule has 21 heavy (non-hydrogen) atoms. The molecule has 118 valence electrons. The molecule has 3 atom stereocenters. The van der Waals surface area contributed by atoms with E-state index in [9.17, 15) is 5.11 Å². The van der Waals surface area contributed by atoms with Crippen molar-refractivity contribution in [3.8, 4) is 0 Å². The van der Waals surface area contributed by atoms with Gasteiger partial charge in [0, 0.05) is 0 Å². The third-order valence-electron chi connectivity index (χ3n) is 5.91. The zero-order valence-electron chi connectivity index (χ0n) is 14.3. The van der Waals surface area contributed by atoms with Gasteiger partial charge in [0.2, 0.25) is 0 Å². The Morgan fingerprint density at radius 1 is 1.29 bits per heavy atom. The monoisotopic (exact) mass is 288 g/mol. The largest absolute Gasteiger partial charge is 0.389 e. The molecule has 0 amide bonds. The topological polar surface area (TPSA) is 20.2 Å². The summed E-state index contributed by atoms with van der Waals surface area (Å²) < 4.78 is 0. The first-order valence-electron chi connectivity index (χ1n) is 8.55. The summed E-state index contributed by atoms with van der Waals surface area (Å²) in [5, 5.41) is 10.2. The minimum Gasteiger partial charge on any atom is -0.389 e. The number of aliphatic hydroxyl groups excluding tert-OH is 1. The maximum absolute atomic E-state index is 10.2. The smallest absolute Gasteiger partial charge is 0.0750 e. The molecule has 0 unspecified atom stereocenters. The van der Waals surface area contributed by atoms with Crippen LogP contribution in [0.3, 0.4) is 0 Å². The maximum atomic E-state index is 10.2. The molecule has 0 saturated carbocycles. The van der Waals surface area contributed by atoms with Crippen LogP contribution in [0.25, 0.3) is 0 Å². The van der Waals surface area contributed by atoms with Crippen molar-refractivity contribution in [2.75, 3.05) is 0 Å². The summed E-state index contributed by atoms with van der Waals surface area (Å²) in [6.45, 7) is 13.5. The zero-order valence-corrected chi connectivity index (χ0v) is 14.3. The van der Waals surface area contributed by atoms with Gasteiger partial charge in [-0.1, -0.05) is 50.6 Å². The van der Waals surface area contributed by atoms with Gasteiger partial charge in [0.25, 0.3) is 0 Å². The van der Waals surface area contributed by atoms with Gasteiger partial charge in [0.15, 0.2) is 0 Å². The van der Waals surface area contributed by atoms with Crippen LogP contribution in [-0.4, -0.2) is 11.2 Å². The number of rotatable bonds is 1. The van der Waals surface area contributed by atoms with E-state index in [0.717, 1.165) is 43.1 Å². The molecule has 2 rings (SSSR count). The van der Waals surface area contributed by atoms with E-state index >= 15 is 0 Å². The van der Waals surface area contributed by atoms with Crippen LogP contribution < -0.4 is 0 Å². The van der Waals surface area contributed by atoms with Crippen LogP contribution in [0.1, 0.15) is 66.2 Å². The highest BCUT2D eigenvalue weighted by molar-refractivity contribution is 5.27. The number of allylic oxidation sites excluding steroid dienone is 4. The molecule has 1 nitrogen and oxygen atoms in total. The molecule has 0 bridgehead atoms. The van der Waals surface area contributed by atoms with Crippen LogP contribution in [0.4, 0.5) is 0 Å². The summed E-state index contributed by atoms with van der Waals surface area (Å²) in [5.41, 5.74) is 4.32. The van der Waals surface area contributed by atoms with E-state index in [1.165, 1.54) is 18.4 Å². The van der Waals surface area contributed by atoms with Crippen LogP contribution in [-0.2, 0) is 0 Å². The van der Waals surface area contributed by atoms with E-state index < -0.39 is 0 Å². The first-order valence-corrected chi connectivity index (χ1v) is 8.55. The fourth-order valence-corrected chi connectivity index (χ4v) is 4.21. The molecule has 0 aromatic rings. The SMILES string of the molecule is C=C1CC[C@H](O)/C(C)=C/CC2=CC[C@@H](C(C)C)[C@]2(C)CC1. The Bertz CT molecular complexity index is 454. The second-order valence-electron chi connectivity index (χ2n) is 7.69. The van der Waals surface area contributed by atoms with Gasteiger partial charge in [0.05, 0.1) is 6.10 Å². The lowest BCUT2D eigenvalue weighted by Gasteiger charge is -2.38. The van der Waals surface area contributed by atoms with Crippen molar-refractivity contribution in [1.29, 1.82) is 0 Å². The third kappa shape index (κ3) is 3.51. The summed E-state index contributed by atoms with van der Waals surface area (Å²) in [6.07, 6.45) is 10.7. The molecule has 1 heteroatoms. The first-order chi connectivity index (χ1) is 9.84. The van der Waals surface area contributed by atoms with Crippen molar-refractivity contribution in [3.05, 3.63) is 35.5 Å². The summed E-state index contributed by atoms with van der Waals surface area (Å²) in [4.78, 5) is 0. The number of hydrogen-bond donors (Lipinski definition) is 1. The normalized spacial score (nSPS) is 37.5.